The summed E-state index contributed by atoms with van der Waals surface area (Å²) >= 11 is 0. The van der Waals surface area contributed by atoms with Crippen LogP contribution in [0.2, 0.25) is 0 Å². The van der Waals surface area contributed by atoms with Crippen molar-refractivity contribution < 1.29 is 4.79 Å². The fraction of sp³-hybridized carbons (Fsp3) is 0.524. The molecule has 0 N–H and O–H groups in total. The number of benzene rings is 1. The molecule has 118 valence electrons. The van der Waals surface area contributed by atoms with Crippen molar-refractivity contribution in [1.82, 2.24) is 4.98 Å². The molecule has 2 nitrogen and oxygen atoms in total. The number of carbonyl (C=O) groups is 1. The van der Waals surface area contributed by atoms with Crippen molar-refractivity contribution >= 4 is 16.6 Å². The minimum atomic E-state index is 0.263. The summed E-state index contributed by atoms with van der Waals surface area (Å²) in [5.41, 5.74) is 0.692. The second kappa shape index (κ2) is 5.15. The number of ketones is 1. The zero-order valence-electron chi connectivity index (χ0n) is 13.4. The second-order valence-corrected chi connectivity index (χ2v) is 8.10. The molecule has 0 amide bonds. The molecule has 2 heteroatoms. The molecular weight excluding hydrogens is 282 g/mol. The third kappa shape index (κ3) is 2.22. The Hall–Kier alpha value is -1.70. The number of Topliss-reactive ketones (excluding diaryl/α,β-unsaturated/α-hetero) is 1. The van der Waals surface area contributed by atoms with Crippen molar-refractivity contribution in [3.63, 3.8) is 0 Å². The SMILES string of the molecule is O=C(CC1C2CC3CC(C2)CC1C3)c1nccc2ccccc12. The summed E-state index contributed by atoms with van der Waals surface area (Å²) in [5.74, 6) is 4.45. The van der Waals surface area contributed by atoms with Gasteiger partial charge in [-0.1, -0.05) is 24.3 Å². The summed E-state index contributed by atoms with van der Waals surface area (Å²) in [5, 5.41) is 2.14. The van der Waals surface area contributed by atoms with E-state index in [0.717, 1.165) is 40.9 Å². The summed E-state index contributed by atoms with van der Waals surface area (Å²) in [6.45, 7) is 0. The third-order valence-electron chi connectivity index (χ3n) is 6.78. The Kier molecular flexibility index (Phi) is 3.07. The van der Waals surface area contributed by atoms with E-state index in [1.807, 2.05) is 24.3 Å². The molecule has 0 atom stereocenters. The summed E-state index contributed by atoms with van der Waals surface area (Å²) in [4.78, 5) is 17.4. The molecule has 0 unspecified atom stereocenters. The van der Waals surface area contributed by atoms with E-state index >= 15 is 0 Å². The lowest BCUT2D eigenvalue weighted by Gasteiger charge is -2.54. The first-order valence-corrected chi connectivity index (χ1v) is 9.15. The average Bonchev–Trinajstić information content (AvgIpc) is 2.57. The molecule has 1 aromatic heterocycles. The fourth-order valence-electron chi connectivity index (χ4n) is 6.02. The number of aromatic nitrogens is 1. The van der Waals surface area contributed by atoms with Gasteiger partial charge in [0.15, 0.2) is 5.78 Å². The number of hydrogen-bond acceptors (Lipinski definition) is 2. The average molecular weight is 305 g/mol. The van der Waals surface area contributed by atoms with Gasteiger partial charge in [-0.2, -0.15) is 0 Å². The van der Waals surface area contributed by atoms with Crippen LogP contribution >= 0.6 is 0 Å². The number of fused-ring (bicyclic) bond motifs is 1. The zero-order chi connectivity index (χ0) is 15.4. The molecule has 1 aromatic carbocycles. The second-order valence-electron chi connectivity index (χ2n) is 8.10. The van der Waals surface area contributed by atoms with Crippen LogP contribution in [-0.4, -0.2) is 10.8 Å². The molecule has 2 aromatic rings. The van der Waals surface area contributed by atoms with Crippen LogP contribution in [0.3, 0.4) is 0 Å². The molecule has 4 aliphatic carbocycles. The Morgan fingerprint density at radius 1 is 0.957 bits per heavy atom. The van der Waals surface area contributed by atoms with E-state index in [1.54, 1.807) is 6.20 Å². The maximum absolute atomic E-state index is 13.0. The van der Waals surface area contributed by atoms with Crippen molar-refractivity contribution in [1.29, 1.82) is 0 Å². The summed E-state index contributed by atoms with van der Waals surface area (Å²) in [6.07, 6.45) is 9.50. The molecular formula is C21H23NO. The highest BCUT2D eigenvalue weighted by Crippen LogP contribution is 2.57. The minimum Gasteiger partial charge on any atom is -0.292 e. The van der Waals surface area contributed by atoms with Gasteiger partial charge in [-0.05, 0) is 73.1 Å². The zero-order valence-corrected chi connectivity index (χ0v) is 13.4. The van der Waals surface area contributed by atoms with E-state index < -0.39 is 0 Å². The number of nitrogens with zero attached hydrogens (tertiary/aromatic N) is 1. The van der Waals surface area contributed by atoms with Gasteiger partial charge in [-0.25, -0.2) is 0 Å². The van der Waals surface area contributed by atoms with Crippen LogP contribution in [0.15, 0.2) is 36.5 Å². The van der Waals surface area contributed by atoms with Gasteiger partial charge in [0.05, 0.1) is 0 Å². The Labute approximate surface area is 137 Å². The maximum Gasteiger partial charge on any atom is 0.182 e. The van der Waals surface area contributed by atoms with Crippen LogP contribution in [0, 0.1) is 29.6 Å². The van der Waals surface area contributed by atoms with Crippen molar-refractivity contribution in [2.45, 2.75) is 38.5 Å². The van der Waals surface area contributed by atoms with Gasteiger partial charge in [0.1, 0.15) is 5.69 Å². The molecule has 0 radical (unpaired) electrons. The van der Waals surface area contributed by atoms with E-state index in [1.165, 1.54) is 32.1 Å². The van der Waals surface area contributed by atoms with E-state index in [-0.39, 0.29) is 5.78 Å². The van der Waals surface area contributed by atoms with Crippen LogP contribution in [-0.2, 0) is 0 Å². The van der Waals surface area contributed by atoms with E-state index in [2.05, 4.69) is 11.1 Å². The predicted octanol–water partition coefficient (Wildman–Crippen LogP) is 4.88. The van der Waals surface area contributed by atoms with Crippen LogP contribution in [0.1, 0.15) is 49.0 Å². The van der Waals surface area contributed by atoms with Gasteiger partial charge in [0.2, 0.25) is 0 Å². The molecule has 23 heavy (non-hydrogen) atoms. The van der Waals surface area contributed by atoms with Gasteiger partial charge >= 0.3 is 0 Å². The normalized spacial score (nSPS) is 34.9. The largest absolute Gasteiger partial charge is 0.292 e. The van der Waals surface area contributed by atoms with Gasteiger partial charge in [-0.15, -0.1) is 0 Å². The van der Waals surface area contributed by atoms with Gasteiger partial charge < -0.3 is 0 Å². The van der Waals surface area contributed by atoms with Gasteiger partial charge in [-0.3, -0.25) is 9.78 Å². The van der Waals surface area contributed by atoms with Crippen LogP contribution in [0.5, 0.6) is 0 Å². The maximum atomic E-state index is 13.0. The Bertz CT molecular complexity index is 732. The smallest absolute Gasteiger partial charge is 0.182 e. The van der Waals surface area contributed by atoms with Gasteiger partial charge in [0.25, 0.3) is 0 Å². The first kappa shape index (κ1) is 13.7. The highest BCUT2D eigenvalue weighted by Gasteiger charge is 2.48. The Balaban J connectivity index is 1.43. The highest BCUT2D eigenvalue weighted by molar-refractivity contribution is 6.06. The monoisotopic (exact) mass is 305 g/mol. The number of hydrogen-bond donors (Lipinski definition) is 0. The summed E-state index contributed by atoms with van der Waals surface area (Å²) in [7, 11) is 0. The van der Waals surface area contributed by atoms with Crippen molar-refractivity contribution in [2.75, 3.05) is 0 Å². The molecule has 4 saturated carbocycles. The van der Waals surface area contributed by atoms with Crippen molar-refractivity contribution in [2.24, 2.45) is 29.6 Å². The quantitative estimate of drug-likeness (QED) is 0.756. The van der Waals surface area contributed by atoms with Crippen LogP contribution in [0.4, 0.5) is 0 Å². The molecule has 4 aliphatic rings. The minimum absolute atomic E-state index is 0.263. The Morgan fingerprint density at radius 3 is 2.39 bits per heavy atom. The van der Waals surface area contributed by atoms with Crippen LogP contribution < -0.4 is 0 Å². The molecule has 1 heterocycles. The fourth-order valence-corrected chi connectivity index (χ4v) is 6.02. The molecule has 6 rings (SSSR count). The molecule has 0 spiro atoms. The van der Waals surface area contributed by atoms with E-state index in [0.29, 0.717) is 11.6 Å². The van der Waals surface area contributed by atoms with Gasteiger partial charge in [0, 0.05) is 18.0 Å². The Morgan fingerprint density at radius 2 is 1.65 bits per heavy atom. The van der Waals surface area contributed by atoms with E-state index in [4.69, 9.17) is 0 Å². The van der Waals surface area contributed by atoms with Crippen molar-refractivity contribution in [3.8, 4) is 0 Å². The van der Waals surface area contributed by atoms with Crippen LogP contribution in [0.25, 0.3) is 10.8 Å². The number of rotatable bonds is 3. The van der Waals surface area contributed by atoms with E-state index in [9.17, 15) is 4.79 Å². The lowest BCUT2D eigenvalue weighted by molar-refractivity contribution is -0.0367. The lowest BCUT2D eigenvalue weighted by atomic mass is 9.51. The summed E-state index contributed by atoms with van der Waals surface area (Å²) < 4.78 is 0. The lowest BCUT2D eigenvalue weighted by Crippen LogP contribution is -2.45. The molecule has 0 aliphatic heterocycles. The standard InChI is InChI=1S/C21H23NO/c23-20(21-18-4-2-1-3-15(18)5-6-22-21)12-19-16-8-13-7-14(10-16)11-17(19)9-13/h1-6,13-14,16-17,19H,7-12H2. The predicted molar refractivity (Wildman–Crippen MR) is 91.2 cm³/mol. The molecule has 4 bridgehead atoms. The number of carbonyl (C=O) groups excluding carboxylic acids is 1. The third-order valence-corrected chi connectivity index (χ3v) is 6.78. The highest BCUT2D eigenvalue weighted by atomic mass is 16.1. The number of pyridine rings is 1. The first-order chi connectivity index (χ1) is 11.3. The molecule has 0 saturated heterocycles. The first-order valence-electron chi connectivity index (χ1n) is 9.15. The molecule has 4 fully saturated rings. The topological polar surface area (TPSA) is 30.0 Å². The summed E-state index contributed by atoms with van der Waals surface area (Å²) in [6, 6.07) is 10.1. The van der Waals surface area contributed by atoms with Crippen molar-refractivity contribution in [3.05, 3.63) is 42.2 Å².